The van der Waals surface area contributed by atoms with Crippen LogP contribution in [0.15, 0.2) is 72.8 Å². The molecule has 3 aromatic rings. The molecule has 0 bridgehead atoms. The Kier molecular flexibility index (Phi) is 3.69. The van der Waals surface area contributed by atoms with Crippen LogP contribution in [0, 0.1) is 0 Å². The molecule has 2 nitrogen and oxygen atoms in total. The number of allylic oxidation sites excluding steroid dienone is 1. The molecule has 0 saturated carbocycles. The van der Waals surface area contributed by atoms with Crippen LogP contribution in [0.1, 0.15) is 24.5 Å². The lowest BCUT2D eigenvalue weighted by Crippen LogP contribution is -2.35. The first kappa shape index (κ1) is 15.6. The Balaban J connectivity index is 1.61. The first-order valence-electron chi connectivity index (χ1n) is 8.63. The number of benzene rings is 3. The van der Waals surface area contributed by atoms with Crippen molar-refractivity contribution >= 4 is 28.4 Å². The van der Waals surface area contributed by atoms with Crippen LogP contribution in [0.3, 0.4) is 0 Å². The van der Waals surface area contributed by atoms with E-state index < -0.39 is 5.41 Å². The molecule has 1 atom stereocenters. The zero-order chi connectivity index (χ0) is 17.4. The standard InChI is InChI=1S/C23H21NO/c1-23(20-11-5-6-12-21(20)24(2)22(23)25)15-7-8-17-13-14-18-9-3-4-10-19(18)16-17/h3-14,16H,15H2,1-2H3/b8-7+/t23-/m1/s1. The van der Waals surface area contributed by atoms with Crippen molar-refractivity contribution in [3.8, 4) is 0 Å². The highest BCUT2D eigenvalue weighted by Gasteiger charge is 2.44. The van der Waals surface area contributed by atoms with Crippen molar-refractivity contribution in [1.82, 2.24) is 0 Å². The predicted octanol–water partition coefficient (Wildman–Crippen LogP) is 5.18. The van der Waals surface area contributed by atoms with Gasteiger partial charge in [-0.05, 0) is 47.4 Å². The molecule has 0 spiro atoms. The van der Waals surface area contributed by atoms with Crippen LogP contribution >= 0.6 is 0 Å². The predicted molar refractivity (Wildman–Crippen MR) is 105 cm³/mol. The summed E-state index contributed by atoms with van der Waals surface area (Å²) in [5, 5.41) is 2.48. The number of amides is 1. The molecule has 2 heteroatoms. The maximum atomic E-state index is 12.8. The molecule has 0 unspecified atom stereocenters. The molecule has 0 aliphatic carbocycles. The molecule has 124 valence electrons. The van der Waals surface area contributed by atoms with E-state index in [0.29, 0.717) is 6.42 Å². The number of anilines is 1. The number of para-hydroxylation sites is 1. The van der Waals surface area contributed by atoms with Crippen molar-refractivity contribution < 1.29 is 4.79 Å². The fourth-order valence-electron chi connectivity index (χ4n) is 3.77. The molecule has 0 N–H and O–H groups in total. The molecule has 3 aromatic carbocycles. The molecule has 1 aliphatic heterocycles. The minimum atomic E-state index is -0.487. The number of hydrogen-bond acceptors (Lipinski definition) is 1. The van der Waals surface area contributed by atoms with Crippen LogP contribution in [0.2, 0.25) is 0 Å². The third-order valence-corrected chi connectivity index (χ3v) is 5.25. The molecule has 0 aromatic heterocycles. The minimum absolute atomic E-state index is 0.164. The second-order valence-electron chi connectivity index (χ2n) is 6.93. The lowest BCUT2D eigenvalue weighted by atomic mass is 9.80. The van der Waals surface area contributed by atoms with Gasteiger partial charge in [-0.3, -0.25) is 4.79 Å². The van der Waals surface area contributed by atoms with Crippen LogP contribution < -0.4 is 4.90 Å². The highest BCUT2D eigenvalue weighted by molar-refractivity contribution is 6.07. The van der Waals surface area contributed by atoms with E-state index in [1.807, 2.05) is 32.2 Å². The highest BCUT2D eigenvalue weighted by Crippen LogP contribution is 2.43. The van der Waals surface area contributed by atoms with E-state index >= 15 is 0 Å². The number of hydrogen-bond donors (Lipinski definition) is 0. The van der Waals surface area contributed by atoms with Crippen molar-refractivity contribution in [2.24, 2.45) is 0 Å². The summed E-state index contributed by atoms with van der Waals surface area (Å²) in [5.74, 6) is 0.164. The van der Waals surface area contributed by atoms with E-state index in [-0.39, 0.29) is 5.91 Å². The first-order valence-corrected chi connectivity index (χ1v) is 8.63. The highest BCUT2D eigenvalue weighted by atomic mass is 16.2. The largest absolute Gasteiger partial charge is 0.314 e. The van der Waals surface area contributed by atoms with Gasteiger partial charge in [0.25, 0.3) is 0 Å². The van der Waals surface area contributed by atoms with Crippen LogP contribution in [-0.4, -0.2) is 13.0 Å². The van der Waals surface area contributed by atoms with E-state index in [4.69, 9.17) is 0 Å². The second kappa shape index (κ2) is 5.89. The maximum absolute atomic E-state index is 12.8. The topological polar surface area (TPSA) is 20.3 Å². The lowest BCUT2D eigenvalue weighted by Gasteiger charge is -2.21. The Morgan fingerprint density at radius 3 is 2.52 bits per heavy atom. The molecule has 0 saturated heterocycles. The molecular weight excluding hydrogens is 306 g/mol. The number of fused-ring (bicyclic) bond motifs is 2. The normalized spacial score (nSPS) is 19.8. The number of carbonyl (C=O) groups excluding carboxylic acids is 1. The van der Waals surface area contributed by atoms with Crippen LogP contribution in [0.4, 0.5) is 5.69 Å². The molecule has 1 heterocycles. The van der Waals surface area contributed by atoms with Gasteiger partial charge >= 0.3 is 0 Å². The van der Waals surface area contributed by atoms with Crippen molar-refractivity contribution in [2.75, 3.05) is 11.9 Å². The van der Waals surface area contributed by atoms with Gasteiger partial charge in [0.05, 0.1) is 5.41 Å². The Bertz CT molecular complexity index is 988. The molecule has 0 radical (unpaired) electrons. The van der Waals surface area contributed by atoms with E-state index in [1.165, 1.54) is 10.8 Å². The van der Waals surface area contributed by atoms with Gasteiger partial charge in [0, 0.05) is 12.7 Å². The Morgan fingerprint density at radius 2 is 1.68 bits per heavy atom. The zero-order valence-corrected chi connectivity index (χ0v) is 14.6. The van der Waals surface area contributed by atoms with Gasteiger partial charge in [-0.15, -0.1) is 0 Å². The fourth-order valence-corrected chi connectivity index (χ4v) is 3.77. The number of rotatable bonds is 3. The van der Waals surface area contributed by atoms with Gasteiger partial charge in [-0.25, -0.2) is 0 Å². The van der Waals surface area contributed by atoms with Gasteiger partial charge in [0.15, 0.2) is 0 Å². The van der Waals surface area contributed by atoms with Gasteiger partial charge in [-0.1, -0.05) is 66.7 Å². The van der Waals surface area contributed by atoms with Crippen LogP contribution in [0.5, 0.6) is 0 Å². The van der Waals surface area contributed by atoms with Gasteiger partial charge in [0.2, 0.25) is 5.91 Å². The second-order valence-corrected chi connectivity index (χ2v) is 6.93. The van der Waals surface area contributed by atoms with Gasteiger partial charge < -0.3 is 4.90 Å². The zero-order valence-electron chi connectivity index (χ0n) is 14.6. The quantitative estimate of drug-likeness (QED) is 0.649. The van der Waals surface area contributed by atoms with E-state index in [2.05, 4.69) is 60.7 Å². The summed E-state index contributed by atoms with van der Waals surface area (Å²) in [7, 11) is 1.86. The molecule has 1 amide bonds. The number of nitrogens with zero attached hydrogens (tertiary/aromatic N) is 1. The van der Waals surface area contributed by atoms with E-state index in [9.17, 15) is 4.79 Å². The van der Waals surface area contributed by atoms with E-state index in [0.717, 1.165) is 16.8 Å². The summed E-state index contributed by atoms with van der Waals surface area (Å²) >= 11 is 0. The Hall–Kier alpha value is -2.87. The molecule has 4 rings (SSSR count). The summed E-state index contributed by atoms with van der Waals surface area (Å²) in [6, 6.07) is 22.9. The first-order chi connectivity index (χ1) is 12.1. The summed E-state index contributed by atoms with van der Waals surface area (Å²) < 4.78 is 0. The van der Waals surface area contributed by atoms with Crippen LogP contribution in [-0.2, 0) is 10.2 Å². The summed E-state index contributed by atoms with van der Waals surface area (Å²) in [5.41, 5.74) is 2.81. The van der Waals surface area contributed by atoms with Crippen molar-refractivity contribution in [2.45, 2.75) is 18.8 Å². The molecular formula is C23H21NO. The summed E-state index contributed by atoms with van der Waals surface area (Å²) in [4.78, 5) is 14.6. The Morgan fingerprint density at radius 1 is 0.960 bits per heavy atom. The monoisotopic (exact) mass is 327 g/mol. The lowest BCUT2D eigenvalue weighted by molar-refractivity contribution is -0.122. The fraction of sp³-hybridized carbons (Fsp3) is 0.174. The third-order valence-electron chi connectivity index (χ3n) is 5.25. The minimum Gasteiger partial charge on any atom is -0.314 e. The molecule has 1 aliphatic rings. The molecule has 25 heavy (non-hydrogen) atoms. The maximum Gasteiger partial charge on any atom is 0.237 e. The number of carbonyl (C=O) groups is 1. The van der Waals surface area contributed by atoms with Crippen molar-refractivity contribution in [3.05, 3.63) is 83.9 Å². The number of likely N-dealkylation sites (N-methyl/N-ethyl adjacent to an activating group) is 1. The van der Waals surface area contributed by atoms with E-state index in [1.54, 1.807) is 4.90 Å². The molecule has 0 fully saturated rings. The van der Waals surface area contributed by atoms with Gasteiger partial charge in [-0.2, -0.15) is 0 Å². The van der Waals surface area contributed by atoms with Crippen molar-refractivity contribution in [3.63, 3.8) is 0 Å². The SMILES string of the molecule is CN1C(=O)[C@](C)(C/C=C/c2ccc3ccccc3c2)c2ccccc21. The van der Waals surface area contributed by atoms with Gasteiger partial charge in [0.1, 0.15) is 0 Å². The summed E-state index contributed by atoms with van der Waals surface area (Å²) in [6.45, 7) is 2.04. The van der Waals surface area contributed by atoms with Crippen LogP contribution in [0.25, 0.3) is 16.8 Å². The van der Waals surface area contributed by atoms with Crippen molar-refractivity contribution in [1.29, 1.82) is 0 Å². The Labute approximate surface area is 148 Å². The third kappa shape index (κ3) is 2.54. The summed E-state index contributed by atoms with van der Waals surface area (Å²) in [6.07, 6.45) is 4.93. The average Bonchev–Trinajstić information content (AvgIpc) is 2.84. The smallest absolute Gasteiger partial charge is 0.237 e. The average molecular weight is 327 g/mol.